The molecule has 0 aromatic carbocycles. The van der Waals surface area contributed by atoms with Gasteiger partial charge in [0.1, 0.15) is 17.3 Å². The summed E-state index contributed by atoms with van der Waals surface area (Å²) in [5.74, 6) is -1.96. The third kappa shape index (κ3) is 3.52. The fourth-order valence-corrected chi connectivity index (χ4v) is 1.36. The molecule has 0 saturated heterocycles. The smallest absolute Gasteiger partial charge is 0.435 e. The van der Waals surface area contributed by atoms with Crippen LogP contribution >= 0.6 is 0 Å². The van der Waals surface area contributed by atoms with Crippen LogP contribution in [0.5, 0.6) is 5.88 Å². The van der Waals surface area contributed by atoms with Gasteiger partial charge in [0.25, 0.3) is 0 Å². The van der Waals surface area contributed by atoms with Crippen molar-refractivity contribution in [2.75, 3.05) is 0 Å². The number of hydrogen-bond acceptors (Lipinski definition) is 4. The van der Waals surface area contributed by atoms with Crippen LogP contribution in [0.1, 0.15) is 20.8 Å². The summed E-state index contributed by atoms with van der Waals surface area (Å²) < 4.78 is 47.7. The first-order valence-corrected chi connectivity index (χ1v) is 5.81. The third-order valence-corrected chi connectivity index (χ3v) is 2.25. The number of carbonyl (C=O) groups is 1. The maximum absolute atomic E-state index is 12.3. The summed E-state index contributed by atoms with van der Waals surface area (Å²) in [5, 5.41) is 3.70. The number of aromatic nitrogens is 2. The molecule has 110 valence electrons. The fraction of sp³-hybridized carbons (Fsp3) is 0.500. The summed E-state index contributed by atoms with van der Waals surface area (Å²) in [6, 6.07) is 1.29. The molecule has 2 rings (SSSR count). The van der Waals surface area contributed by atoms with Crippen molar-refractivity contribution >= 4 is 6.09 Å². The van der Waals surface area contributed by atoms with Gasteiger partial charge in [0.15, 0.2) is 0 Å². The van der Waals surface area contributed by atoms with Crippen LogP contribution in [0, 0.1) is 5.92 Å². The van der Waals surface area contributed by atoms with Gasteiger partial charge in [-0.15, -0.1) is 5.10 Å². The van der Waals surface area contributed by atoms with Crippen molar-refractivity contribution in [2.45, 2.75) is 32.5 Å². The van der Waals surface area contributed by atoms with E-state index < -0.39 is 23.8 Å². The van der Waals surface area contributed by atoms with Gasteiger partial charge in [-0.3, -0.25) is 0 Å². The lowest BCUT2D eigenvalue weighted by atomic mass is 10.2. The minimum atomic E-state index is -4.34. The number of ether oxygens (including phenoxy) is 2. The number of rotatable bonds is 2. The van der Waals surface area contributed by atoms with Crippen molar-refractivity contribution < 1.29 is 27.4 Å². The van der Waals surface area contributed by atoms with Crippen LogP contribution in [0.3, 0.4) is 0 Å². The van der Waals surface area contributed by atoms with Gasteiger partial charge < -0.3 is 9.47 Å². The standard InChI is InChI=1S/C12H13F3N2O3/c1-11(2,3)20-10(18)17-5-4-9(16-17)19-8-6-7(8)12(13,14)15/h4-7H,1-3H3/t7-/m0/s1. The lowest BCUT2D eigenvalue weighted by Gasteiger charge is -2.18. The maximum Gasteiger partial charge on any atom is 0.435 e. The van der Waals surface area contributed by atoms with E-state index in [4.69, 9.17) is 9.47 Å². The molecule has 1 atom stereocenters. The third-order valence-electron chi connectivity index (χ3n) is 2.25. The van der Waals surface area contributed by atoms with Crippen molar-refractivity contribution in [2.24, 2.45) is 5.92 Å². The highest BCUT2D eigenvalue weighted by Crippen LogP contribution is 2.43. The molecule has 0 radical (unpaired) electrons. The van der Waals surface area contributed by atoms with Gasteiger partial charge in [-0.25, -0.2) is 4.79 Å². The van der Waals surface area contributed by atoms with E-state index in [9.17, 15) is 18.0 Å². The van der Waals surface area contributed by atoms with Gasteiger partial charge in [0, 0.05) is 12.3 Å². The van der Waals surface area contributed by atoms with Crippen LogP contribution in [-0.4, -0.2) is 27.7 Å². The molecular formula is C12H13F3N2O3. The van der Waals surface area contributed by atoms with Crippen molar-refractivity contribution in [3.05, 3.63) is 24.1 Å². The fourth-order valence-electron chi connectivity index (χ4n) is 1.36. The van der Waals surface area contributed by atoms with Gasteiger partial charge in [0.05, 0.1) is 0 Å². The molecule has 1 aromatic rings. The normalized spacial score (nSPS) is 18.5. The topological polar surface area (TPSA) is 53.4 Å². The predicted molar refractivity (Wildman–Crippen MR) is 62.1 cm³/mol. The minimum Gasteiger partial charge on any atom is -0.442 e. The minimum absolute atomic E-state index is 0.0890. The Hall–Kier alpha value is -1.99. The lowest BCUT2D eigenvalue weighted by molar-refractivity contribution is -0.145. The highest BCUT2D eigenvalue weighted by Gasteiger charge is 2.50. The molecule has 20 heavy (non-hydrogen) atoms. The first-order chi connectivity index (χ1) is 9.06. The van der Waals surface area contributed by atoms with E-state index in [1.54, 1.807) is 20.8 Å². The molecule has 0 unspecified atom stereocenters. The molecule has 0 fully saturated rings. The number of alkyl halides is 3. The van der Waals surface area contributed by atoms with Gasteiger partial charge in [-0.1, -0.05) is 0 Å². The van der Waals surface area contributed by atoms with E-state index in [1.807, 2.05) is 0 Å². The molecular weight excluding hydrogens is 277 g/mol. The molecule has 1 aliphatic carbocycles. The van der Waals surface area contributed by atoms with E-state index in [0.29, 0.717) is 0 Å². The monoisotopic (exact) mass is 290 g/mol. The van der Waals surface area contributed by atoms with E-state index in [-0.39, 0.29) is 11.6 Å². The largest absolute Gasteiger partial charge is 0.442 e. The molecule has 0 amide bonds. The molecule has 1 aliphatic rings. The molecule has 0 saturated carbocycles. The van der Waals surface area contributed by atoms with Crippen LogP contribution in [0.2, 0.25) is 0 Å². The zero-order valence-electron chi connectivity index (χ0n) is 11.1. The molecule has 1 aromatic heterocycles. The Balaban J connectivity index is 1.94. The van der Waals surface area contributed by atoms with Gasteiger partial charge in [-0.05, 0) is 26.8 Å². The maximum atomic E-state index is 12.3. The second-order valence-electron chi connectivity index (χ2n) is 5.27. The SMILES string of the molecule is CC(C)(C)OC(=O)n1ccc(OC2=C[C@@H]2C(F)(F)F)n1. The number of hydrogen-bond donors (Lipinski definition) is 0. The summed E-state index contributed by atoms with van der Waals surface area (Å²) in [6.07, 6.45) is -2.88. The van der Waals surface area contributed by atoms with Crippen LogP contribution in [0.4, 0.5) is 18.0 Å². The van der Waals surface area contributed by atoms with Crippen LogP contribution in [-0.2, 0) is 4.74 Å². The van der Waals surface area contributed by atoms with E-state index in [0.717, 1.165) is 10.8 Å². The molecule has 0 bridgehead atoms. The average molecular weight is 290 g/mol. The Labute approximate surface area is 113 Å². The first kappa shape index (κ1) is 14.4. The molecule has 5 nitrogen and oxygen atoms in total. The van der Waals surface area contributed by atoms with Crippen LogP contribution in [0.15, 0.2) is 24.1 Å². The molecule has 0 aliphatic heterocycles. The predicted octanol–water partition coefficient (Wildman–Crippen LogP) is 3.12. The zero-order chi connectivity index (χ0) is 15.1. The number of nitrogens with zero attached hydrogens (tertiary/aromatic N) is 2. The first-order valence-electron chi connectivity index (χ1n) is 5.81. The van der Waals surface area contributed by atoms with Crippen molar-refractivity contribution in [3.63, 3.8) is 0 Å². The van der Waals surface area contributed by atoms with Crippen LogP contribution in [0.25, 0.3) is 0 Å². The lowest BCUT2D eigenvalue weighted by Crippen LogP contribution is -2.27. The Morgan fingerprint density at radius 3 is 2.50 bits per heavy atom. The molecule has 0 spiro atoms. The number of halogens is 3. The average Bonchev–Trinajstić information content (AvgIpc) is 2.84. The Morgan fingerprint density at radius 1 is 1.35 bits per heavy atom. The van der Waals surface area contributed by atoms with Gasteiger partial charge in [-0.2, -0.15) is 17.9 Å². The highest BCUT2D eigenvalue weighted by atomic mass is 19.4. The number of allylic oxidation sites excluding steroid dienone is 2. The van der Waals surface area contributed by atoms with Crippen LogP contribution < -0.4 is 4.74 Å². The Kier molecular flexibility index (Phi) is 3.27. The second kappa shape index (κ2) is 4.53. The Bertz CT molecular complexity index is 555. The molecule has 8 heteroatoms. The van der Waals surface area contributed by atoms with E-state index in [1.165, 1.54) is 12.3 Å². The summed E-state index contributed by atoms with van der Waals surface area (Å²) in [7, 11) is 0. The number of carbonyl (C=O) groups excluding carboxylic acids is 1. The van der Waals surface area contributed by atoms with E-state index in [2.05, 4.69) is 5.10 Å². The summed E-state index contributed by atoms with van der Waals surface area (Å²) >= 11 is 0. The second-order valence-corrected chi connectivity index (χ2v) is 5.27. The summed E-state index contributed by atoms with van der Waals surface area (Å²) in [5.41, 5.74) is -0.690. The molecule has 0 N–H and O–H groups in total. The summed E-state index contributed by atoms with van der Waals surface area (Å²) in [4.78, 5) is 11.6. The zero-order valence-corrected chi connectivity index (χ0v) is 11.1. The van der Waals surface area contributed by atoms with Gasteiger partial charge >= 0.3 is 12.3 Å². The van der Waals surface area contributed by atoms with Crippen molar-refractivity contribution in [3.8, 4) is 5.88 Å². The quantitative estimate of drug-likeness (QED) is 0.839. The highest BCUT2D eigenvalue weighted by molar-refractivity contribution is 5.69. The van der Waals surface area contributed by atoms with Crippen molar-refractivity contribution in [1.82, 2.24) is 9.78 Å². The van der Waals surface area contributed by atoms with Gasteiger partial charge in [0.2, 0.25) is 5.88 Å². The molecule has 1 heterocycles. The van der Waals surface area contributed by atoms with E-state index >= 15 is 0 Å². The van der Waals surface area contributed by atoms with Crippen molar-refractivity contribution in [1.29, 1.82) is 0 Å². The summed E-state index contributed by atoms with van der Waals surface area (Å²) in [6.45, 7) is 5.07. The Morgan fingerprint density at radius 2 is 2.00 bits per heavy atom.